The predicted octanol–water partition coefficient (Wildman–Crippen LogP) is 5.29. The summed E-state index contributed by atoms with van der Waals surface area (Å²) < 4.78 is 5.68. The van der Waals surface area contributed by atoms with E-state index in [2.05, 4.69) is 10.3 Å². The lowest BCUT2D eigenvalue weighted by molar-refractivity contribution is 0.0596. The van der Waals surface area contributed by atoms with Crippen LogP contribution in [-0.4, -0.2) is 40.8 Å². The molecule has 168 valence electrons. The molecule has 1 atom stereocenters. The van der Waals surface area contributed by atoms with Gasteiger partial charge in [0.2, 0.25) is 0 Å². The highest BCUT2D eigenvalue weighted by Gasteiger charge is 2.31. The smallest absolute Gasteiger partial charge is 0.287 e. The van der Waals surface area contributed by atoms with Crippen LogP contribution in [0.3, 0.4) is 0 Å². The normalized spacial score (nSPS) is 16.2. The molecule has 0 bridgehead atoms. The Hall–Kier alpha value is -3.45. The number of rotatable bonds is 5. The number of nitrogens with one attached hydrogen (secondary N) is 1. The first-order valence-electron chi connectivity index (χ1n) is 11.2. The van der Waals surface area contributed by atoms with Gasteiger partial charge in [0.25, 0.3) is 11.8 Å². The van der Waals surface area contributed by atoms with Crippen molar-refractivity contribution in [1.82, 2.24) is 15.2 Å². The zero-order valence-corrected chi connectivity index (χ0v) is 19.2. The van der Waals surface area contributed by atoms with Crippen LogP contribution in [-0.2, 0) is 0 Å². The van der Waals surface area contributed by atoms with Crippen molar-refractivity contribution >= 4 is 34.1 Å². The molecule has 0 saturated carbocycles. The summed E-state index contributed by atoms with van der Waals surface area (Å²) in [6.07, 6.45) is 2.82. The summed E-state index contributed by atoms with van der Waals surface area (Å²) in [5.74, 6) is -0.0501. The Balaban J connectivity index is 1.33. The summed E-state index contributed by atoms with van der Waals surface area (Å²) in [5.41, 5.74) is 2.18. The first kappa shape index (κ1) is 21.4. The fourth-order valence-corrected chi connectivity index (χ4v) is 5.28. The van der Waals surface area contributed by atoms with Crippen molar-refractivity contribution in [1.29, 1.82) is 0 Å². The number of likely N-dealkylation sites (tertiary alicyclic amines) is 1. The molecule has 7 heteroatoms. The maximum absolute atomic E-state index is 13.6. The fraction of sp³-hybridized carbons (Fsp3) is 0.269. The van der Waals surface area contributed by atoms with Gasteiger partial charge in [-0.05, 0) is 43.9 Å². The molecule has 6 nitrogen and oxygen atoms in total. The van der Waals surface area contributed by atoms with Gasteiger partial charge < -0.3 is 14.6 Å². The third-order valence-corrected chi connectivity index (χ3v) is 7.03. The average molecular weight is 460 g/mol. The molecular weight excluding hydrogens is 434 g/mol. The van der Waals surface area contributed by atoms with E-state index < -0.39 is 0 Å². The lowest BCUT2D eigenvalue weighted by Gasteiger charge is -2.35. The molecule has 1 saturated heterocycles. The Morgan fingerprint density at radius 3 is 2.73 bits per heavy atom. The van der Waals surface area contributed by atoms with Gasteiger partial charge in [0.05, 0.1) is 9.88 Å². The van der Waals surface area contributed by atoms with Crippen LogP contribution in [0.15, 0.2) is 65.1 Å². The van der Waals surface area contributed by atoms with Gasteiger partial charge in [0.1, 0.15) is 11.3 Å². The minimum Gasteiger partial charge on any atom is -0.451 e. The highest BCUT2D eigenvalue weighted by Crippen LogP contribution is 2.32. The molecule has 33 heavy (non-hydrogen) atoms. The number of thiazole rings is 1. The summed E-state index contributed by atoms with van der Waals surface area (Å²) in [6.45, 7) is 2.97. The number of piperidine rings is 1. The van der Waals surface area contributed by atoms with Crippen LogP contribution < -0.4 is 5.32 Å². The van der Waals surface area contributed by atoms with E-state index >= 15 is 0 Å². The molecular formula is C26H25N3O3S. The zero-order valence-electron chi connectivity index (χ0n) is 18.4. The van der Waals surface area contributed by atoms with Gasteiger partial charge in [-0.25, -0.2) is 4.98 Å². The van der Waals surface area contributed by atoms with E-state index in [0.717, 1.165) is 40.1 Å². The van der Waals surface area contributed by atoms with Crippen LogP contribution in [0, 0.1) is 6.92 Å². The van der Waals surface area contributed by atoms with Crippen LogP contribution in [0.5, 0.6) is 0 Å². The first-order valence-corrected chi connectivity index (χ1v) is 12.0. The second-order valence-electron chi connectivity index (χ2n) is 8.28. The molecule has 4 aromatic rings. The van der Waals surface area contributed by atoms with Crippen LogP contribution in [0.4, 0.5) is 0 Å². The number of carbonyl (C=O) groups is 2. The quantitative estimate of drug-likeness (QED) is 0.440. The molecule has 5 rings (SSSR count). The molecule has 3 heterocycles. The monoisotopic (exact) mass is 459 g/mol. The first-order chi connectivity index (χ1) is 16.1. The zero-order chi connectivity index (χ0) is 22.8. The van der Waals surface area contributed by atoms with E-state index in [1.807, 2.05) is 66.4 Å². The standard InChI is InChI=1S/C26H25N3O3S/c1-17-28-23(24(33-17)18-9-3-2-4-10-18)26(31)29-14-8-7-12-20(29)16-27-25(30)22-15-19-11-5-6-13-21(19)32-22/h2-6,9-11,13,15,20H,7-8,12,14,16H2,1H3,(H,27,30). The van der Waals surface area contributed by atoms with Crippen LogP contribution >= 0.6 is 11.3 Å². The number of hydrogen-bond donors (Lipinski definition) is 1. The number of nitrogens with zero attached hydrogens (tertiary/aromatic N) is 2. The van der Waals surface area contributed by atoms with E-state index in [1.54, 1.807) is 6.07 Å². The van der Waals surface area contributed by atoms with Gasteiger partial charge in [-0.2, -0.15) is 0 Å². The van der Waals surface area contributed by atoms with E-state index in [1.165, 1.54) is 11.3 Å². The number of amides is 2. The Bertz CT molecular complexity index is 1260. The lowest BCUT2D eigenvalue weighted by atomic mass is 10.0. The third-order valence-electron chi connectivity index (χ3n) is 6.01. The molecule has 2 amide bonds. The Kier molecular flexibility index (Phi) is 5.96. The SMILES string of the molecule is Cc1nc(C(=O)N2CCCCC2CNC(=O)c2cc3ccccc3o2)c(-c2ccccc2)s1. The number of benzene rings is 2. The summed E-state index contributed by atoms with van der Waals surface area (Å²) in [6, 6.07) is 19.1. The number of fused-ring (bicyclic) bond motifs is 1. The Morgan fingerprint density at radius 1 is 1.12 bits per heavy atom. The molecule has 1 aliphatic heterocycles. The van der Waals surface area contributed by atoms with Gasteiger partial charge in [0, 0.05) is 24.5 Å². The van der Waals surface area contributed by atoms with Gasteiger partial charge in [-0.15, -0.1) is 11.3 Å². The van der Waals surface area contributed by atoms with Gasteiger partial charge >= 0.3 is 0 Å². The molecule has 1 fully saturated rings. The largest absolute Gasteiger partial charge is 0.451 e. The summed E-state index contributed by atoms with van der Waals surface area (Å²) >= 11 is 1.54. The van der Waals surface area contributed by atoms with E-state index in [-0.39, 0.29) is 23.6 Å². The molecule has 1 unspecified atom stereocenters. The van der Waals surface area contributed by atoms with Crippen molar-refractivity contribution in [2.24, 2.45) is 0 Å². The summed E-state index contributed by atoms with van der Waals surface area (Å²) in [7, 11) is 0. The second kappa shape index (κ2) is 9.19. The Morgan fingerprint density at radius 2 is 1.91 bits per heavy atom. The van der Waals surface area contributed by atoms with Crippen LogP contribution in [0.25, 0.3) is 21.4 Å². The van der Waals surface area contributed by atoms with E-state index in [0.29, 0.717) is 24.4 Å². The van der Waals surface area contributed by atoms with Gasteiger partial charge in [0.15, 0.2) is 5.76 Å². The fourth-order valence-electron chi connectivity index (χ4n) is 4.36. The highest BCUT2D eigenvalue weighted by molar-refractivity contribution is 7.15. The van der Waals surface area contributed by atoms with E-state index in [4.69, 9.17) is 4.42 Å². The number of furan rings is 1. The summed E-state index contributed by atoms with van der Waals surface area (Å²) in [4.78, 5) is 33.7. The minimum absolute atomic E-state index is 0.0686. The minimum atomic E-state index is -0.265. The van der Waals surface area contributed by atoms with Gasteiger partial charge in [-0.1, -0.05) is 48.5 Å². The maximum atomic E-state index is 13.6. The molecule has 1 aliphatic rings. The molecule has 0 spiro atoms. The van der Waals surface area contributed by atoms with Gasteiger partial charge in [-0.3, -0.25) is 9.59 Å². The van der Waals surface area contributed by atoms with Crippen molar-refractivity contribution in [3.05, 3.63) is 77.1 Å². The molecule has 1 N–H and O–H groups in total. The molecule has 2 aromatic heterocycles. The van der Waals surface area contributed by atoms with E-state index in [9.17, 15) is 9.59 Å². The van der Waals surface area contributed by atoms with Crippen molar-refractivity contribution in [2.75, 3.05) is 13.1 Å². The number of aromatic nitrogens is 1. The third kappa shape index (κ3) is 4.41. The average Bonchev–Trinajstić information content (AvgIpc) is 3.46. The lowest BCUT2D eigenvalue weighted by Crippen LogP contribution is -2.49. The van der Waals surface area contributed by atoms with Crippen LogP contribution in [0.1, 0.15) is 45.3 Å². The molecule has 2 aromatic carbocycles. The summed E-state index contributed by atoms with van der Waals surface area (Å²) in [5, 5.41) is 4.73. The second-order valence-corrected chi connectivity index (χ2v) is 9.49. The van der Waals surface area contributed by atoms with Crippen LogP contribution in [0.2, 0.25) is 0 Å². The van der Waals surface area contributed by atoms with Crippen molar-refractivity contribution in [3.8, 4) is 10.4 Å². The Labute approximate surface area is 196 Å². The number of carbonyl (C=O) groups excluding carboxylic acids is 2. The van der Waals surface area contributed by atoms with Crippen molar-refractivity contribution in [2.45, 2.75) is 32.2 Å². The molecule has 0 radical (unpaired) electrons. The van der Waals surface area contributed by atoms with Crippen molar-refractivity contribution in [3.63, 3.8) is 0 Å². The maximum Gasteiger partial charge on any atom is 0.287 e. The topological polar surface area (TPSA) is 75.4 Å². The van der Waals surface area contributed by atoms with Crippen molar-refractivity contribution < 1.29 is 14.0 Å². The number of hydrogen-bond acceptors (Lipinski definition) is 5. The number of aryl methyl sites for hydroxylation is 1. The molecule has 0 aliphatic carbocycles. The predicted molar refractivity (Wildman–Crippen MR) is 130 cm³/mol. The number of para-hydroxylation sites is 1. The highest BCUT2D eigenvalue weighted by atomic mass is 32.1.